The number of methoxy groups -OCH3 is 1. The summed E-state index contributed by atoms with van der Waals surface area (Å²) in [5, 5.41) is 13.5. The molecule has 0 radical (unpaired) electrons. The number of aromatic nitrogens is 5. The first-order valence-electron chi connectivity index (χ1n) is 11.8. The Kier molecular flexibility index (Phi) is 7.01. The molecule has 3 aromatic heterocycles. The Morgan fingerprint density at radius 1 is 1.08 bits per heavy atom. The average Bonchev–Trinajstić information content (AvgIpc) is 3.56. The normalized spacial score (nSPS) is 12.4. The number of pyridine rings is 1. The molecule has 0 bridgehead atoms. The molecule has 0 fully saturated rings. The highest BCUT2D eigenvalue weighted by Gasteiger charge is 2.31. The van der Waals surface area contributed by atoms with Crippen LogP contribution in [0.3, 0.4) is 0 Å². The van der Waals surface area contributed by atoms with E-state index in [0.29, 0.717) is 37.6 Å². The molecule has 0 aliphatic heterocycles. The number of nitrogens with one attached hydrogen (secondary N) is 1. The van der Waals surface area contributed by atoms with E-state index >= 15 is 0 Å². The van der Waals surface area contributed by atoms with E-state index in [2.05, 4.69) is 43.6 Å². The van der Waals surface area contributed by atoms with Gasteiger partial charge in [0.25, 0.3) is 5.56 Å². The van der Waals surface area contributed by atoms with E-state index in [1.807, 2.05) is 55.5 Å². The molecule has 3 heterocycles. The minimum Gasteiger partial charge on any atom is -0.468 e. The number of hydrogen-bond acceptors (Lipinski definition) is 7. The van der Waals surface area contributed by atoms with Gasteiger partial charge in [0.1, 0.15) is 11.8 Å². The third-order valence-corrected chi connectivity index (χ3v) is 6.17. The van der Waals surface area contributed by atoms with Gasteiger partial charge < -0.3 is 14.1 Å². The maximum atomic E-state index is 13.5. The summed E-state index contributed by atoms with van der Waals surface area (Å²) >= 11 is 0. The smallest absolute Gasteiger partial charge is 0.253 e. The molecule has 9 nitrogen and oxygen atoms in total. The lowest BCUT2D eigenvalue weighted by molar-refractivity contribution is 0.163. The summed E-state index contributed by atoms with van der Waals surface area (Å²) in [6.45, 7) is 3.93. The van der Waals surface area contributed by atoms with Crippen molar-refractivity contribution in [2.24, 2.45) is 0 Å². The van der Waals surface area contributed by atoms with E-state index in [9.17, 15) is 4.79 Å². The summed E-state index contributed by atoms with van der Waals surface area (Å²) in [7, 11) is 1.64. The molecule has 0 amide bonds. The summed E-state index contributed by atoms with van der Waals surface area (Å²) in [5.74, 6) is 1.34. The number of tetrazole rings is 1. The lowest BCUT2D eigenvalue weighted by Gasteiger charge is -2.30. The van der Waals surface area contributed by atoms with Crippen LogP contribution in [-0.2, 0) is 24.4 Å². The SMILES string of the molecule is COCCn1nnnc1C(c1cc2cc(C)ccc2[nH]c1=O)N(Cc1ccccc1)Cc1ccco1. The zero-order valence-electron chi connectivity index (χ0n) is 20.3. The molecular formula is C27H28N6O3. The van der Waals surface area contributed by atoms with Crippen molar-refractivity contribution in [2.45, 2.75) is 32.6 Å². The maximum absolute atomic E-state index is 13.5. The molecule has 1 N–H and O–H groups in total. The van der Waals surface area contributed by atoms with Gasteiger partial charge in [-0.05, 0) is 58.6 Å². The minimum atomic E-state index is -0.546. The van der Waals surface area contributed by atoms with E-state index in [1.165, 1.54) is 0 Å². The van der Waals surface area contributed by atoms with Crippen molar-refractivity contribution in [1.29, 1.82) is 0 Å². The molecule has 0 aliphatic rings. The molecule has 1 unspecified atom stereocenters. The number of H-pyrrole nitrogens is 1. The summed E-state index contributed by atoms with van der Waals surface area (Å²) in [4.78, 5) is 18.8. The van der Waals surface area contributed by atoms with Crippen LogP contribution in [0.4, 0.5) is 0 Å². The van der Waals surface area contributed by atoms with E-state index in [1.54, 1.807) is 18.1 Å². The van der Waals surface area contributed by atoms with E-state index in [0.717, 1.165) is 27.8 Å². The molecule has 9 heteroatoms. The molecule has 0 saturated heterocycles. The van der Waals surface area contributed by atoms with Crippen LogP contribution in [0.15, 0.2) is 82.2 Å². The van der Waals surface area contributed by atoms with Crippen molar-refractivity contribution >= 4 is 10.9 Å². The van der Waals surface area contributed by atoms with Crippen LogP contribution in [0.1, 0.15) is 34.3 Å². The van der Waals surface area contributed by atoms with Crippen molar-refractivity contribution in [1.82, 2.24) is 30.1 Å². The van der Waals surface area contributed by atoms with Gasteiger partial charge in [-0.25, -0.2) is 4.68 Å². The van der Waals surface area contributed by atoms with Crippen molar-refractivity contribution in [3.63, 3.8) is 0 Å². The van der Waals surface area contributed by atoms with Gasteiger partial charge in [-0.2, -0.15) is 0 Å². The lowest BCUT2D eigenvalue weighted by Crippen LogP contribution is -2.35. The monoisotopic (exact) mass is 484 g/mol. The fourth-order valence-electron chi connectivity index (χ4n) is 4.45. The van der Waals surface area contributed by atoms with Gasteiger partial charge in [-0.15, -0.1) is 5.10 Å². The van der Waals surface area contributed by atoms with Gasteiger partial charge in [0, 0.05) is 24.7 Å². The topological polar surface area (TPSA) is 102 Å². The van der Waals surface area contributed by atoms with Gasteiger partial charge in [0.2, 0.25) is 0 Å². The summed E-state index contributed by atoms with van der Waals surface area (Å²) in [6.07, 6.45) is 1.65. The molecule has 2 aromatic carbocycles. The fourth-order valence-corrected chi connectivity index (χ4v) is 4.45. The molecule has 5 aromatic rings. The summed E-state index contributed by atoms with van der Waals surface area (Å²) in [6, 6.07) is 21.3. The molecule has 5 rings (SSSR count). The zero-order valence-corrected chi connectivity index (χ0v) is 20.3. The predicted octanol–water partition coefficient (Wildman–Crippen LogP) is 3.85. The second-order valence-electron chi connectivity index (χ2n) is 8.77. The van der Waals surface area contributed by atoms with E-state index in [-0.39, 0.29) is 5.56 Å². The third kappa shape index (κ3) is 5.12. The number of nitrogens with zero attached hydrogens (tertiary/aromatic N) is 5. The number of ether oxygens (including phenoxy) is 1. The Morgan fingerprint density at radius 3 is 2.72 bits per heavy atom. The first-order chi connectivity index (χ1) is 17.6. The Hall–Kier alpha value is -4.08. The van der Waals surface area contributed by atoms with Crippen molar-refractivity contribution in [3.05, 3.63) is 112 Å². The molecule has 184 valence electrons. The number of hydrogen-bond donors (Lipinski definition) is 1. The number of aryl methyl sites for hydroxylation is 1. The first kappa shape index (κ1) is 23.7. The van der Waals surface area contributed by atoms with Crippen LogP contribution in [0.2, 0.25) is 0 Å². The number of rotatable bonds is 10. The Morgan fingerprint density at radius 2 is 1.94 bits per heavy atom. The highest BCUT2D eigenvalue weighted by Crippen LogP contribution is 2.30. The quantitative estimate of drug-likeness (QED) is 0.321. The van der Waals surface area contributed by atoms with Gasteiger partial charge in [-0.1, -0.05) is 42.0 Å². The van der Waals surface area contributed by atoms with Crippen LogP contribution in [0.25, 0.3) is 10.9 Å². The predicted molar refractivity (Wildman–Crippen MR) is 135 cm³/mol. The molecule has 36 heavy (non-hydrogen) atoms. The van der Waals surface area contributed by atoms with Crippen LogP contribution in [0.5, 0.6) is 0 Å². The molecule has 1 atom stereocenters. The van der Waals surface area contributed by atoms with Crippen LogP contribution < -0.4 is 5.56 Å². The van der Waals surface area contributed by atoms with Crippen LogP contribution >= 0.6 is 0 Å². The first-order valence-corrected chi connectivity index (χ1v) is 11.8. The van der Waals surface area contributed by atoms with Crippen LogP contribution in [-0.4, -0.2) is 43.8 Å². The largest absolute Gasteiger partial charge is 0.468 e. The highest BCUT2D eigenvalue weighted by atomic mass is 16.5. The molecular weight excluding hydrogens is 456 g/mol. The average molecular weight is 485 g/mol. The lowest BCUT2D eigenvalue weighted by atomic mass is 10.0. The standard InChI is InChI=1S/C27H28N6O3/c1-19-10-11-24-21(15-19)16-23(27(34)28-24)25(26-29-30-31-33(26)12-14-35-2)32(18-22-9-6-13-36-22)17-20-7-4-3-5-8-20/h3-11,13,15-16,25H,12,14,17-18H2,1-2H3,(H,28,34). The highest BCUT2D eigenvalue weighted by molar-refractivity contribution is 5.79. The van der Waals surface area contributed by atoms with Gasteiger partial charge >= 0.3 is 0 Å². The van der Waals surface area contributed by atoms with Crippen molar-refractivity contribution in [3.8, 4) is 0 Å². The zero-order chi connectivity index (χ0) is 24.9. The number of furan rings is 1. The maximum Gasteiger partial charge on any atom is 0.253 e. The summed E-state index contributed by atoms with van der Waals surface area (Å²) in [5.41, 5.74) is 3.36. The second kappa shape index (κ2) is 10.7. The summed E-state index contributed by atoms with van der Waals surface area (Å²) < 4.78 is 12.7. The van der Waals surface area contributed by atoms with E-state index in [4.69, 9.17) is 9.15 Å². The molecule has 0 spiro atoms. The van der Waals surface area contributed by atoms with Crippen LogP contribution in [0, 0.1) is 6.92 Å². The third-order valence-electron chi connectivity index (χ3n) is 6.17. The Bertz CT molecular complexity index is 1480. The number of aromatic amines is 1. The molecule has 0 aliphatic carbocycles. The number of benzene rings is 2. The van der Waals surface area contributed by atoms with Gasteiger partial charge in [-0.3, -0.25) is 9.69 Å². The second-order valence-corrected chi connectivity index (χ2v) is 8.77. The van der Waals surface area contributed by atoms with Crippen molar-refractivity contribution < 1.29 is 9.15 Å². The van der Waals surface area contributed by atoms with E-state index < -0.39 is 6.04 Å². The minimum absolute atomic E-state index is 0.185. The Balaban J connectivity index is 1.68. The van der Waals surface area contributed by atoms with Gasteiger partial charge in [0.15, 0.2) is 5.82 Å². The van der Waals surface area contributed by atoms with Crippen molar-refractivity contribution in [2.75, 3.05) is 13.7 Å². The van der Waals surface area contributed by atoms with Gasteiger partial charge in [0.05, 0.1) is 26.0 Å². The number of fused-ring (bicyclic) bond motifs is 1. The molecule has 0 saturated carbocycles. The Labute approximate surface area is 208 Å². The fraction of sp³-hybridized carbons (Fsp3) is 0.259.